The van der Waals surface area contributed by atoms with Crippen LogP contribution < -0.4 is 10.2 Å². The number of aromatic nitrogens is 6. The Bertz CT molecular complexity index is 1200. The summed E-state index contributed by atoms with van der Waals surface area (Å²) in [5.74, 6) is 1.45. The summed E-state index contributed by atoms with van der Waals surface area (Å²) < 4.78 is 7.57. The van der Waals surface area contributed by atoms with Gasteiger partial charge in [-0.1, -0.05) is 11.6 Å². The summed E-state index contributed by atoms with van der Waals surface area (Å²) in [4.78, 5) is 16.6. The van der Waals surface area contributed by atoms with Gasteiger partial charge >= 0.3 is 0 Å². The fourth-order valence-corrected chi connectivity index (χ4v) is 5.62. The maximum atomic E-state index is 5.67. The van der Waals surface area contributed by atoms with Crippen LogP contribution in [0.1, 0.15) is 62.3 Å². The highest BCUT2D eigenvalue weighted by Gasteiger charge is 2.45. The zero-order valence-corrected chi connectivity index (χ0v) is 20.7. The number of nitrogens with one attached hydrogen (secondary N) is 1. The van der Waals surface area contributed by atoms with Crippen LogP contribution in [0.2, 0.25) is 0 Å². The van der Waals surface area contributed by atoms with E-state index in [0.717, 1.165) is 41.8 Å². The van der Waals surface area contributed by atoms with Gasteiger partial charge in [-0.2, -0.15) is 0 Å². The summed E-state index contributed by atoms with van der Waals surface area (Å²) in [6.07, 6.45) is 16.7. The van der Waals surface area contributed by atoms with E-state index < -0.39 is 5.54 Å². The molecule has 4 aliphatic rings. The van der Waals surface area contributed by atoms with Crippen molar-refractivity contribution in [1.29, 1.82) is 0 Å². The molecule has 3 aromatic rings. The van der Waals surface area contributed by atoms with Gasteiger partial charge in [-0.25, -0.2) is 9.67 Å². The van der Waals surface area contributed by atoms with Crippen molar-refractivity contribution in [3.63, 3.8) is 0 Å². The fourth-order valence-electron chi connectivity index (χ4n) is 5.62. The van der Waals surface area contributed by atoms with Crippen molar-refractivity contribution < 1.29 is 4.74 Å². The second kappa shape index (κ2) is 9.19. The zero-order chi connectivity index (χ0) is 24.0. The van der Waals surface area contributed by atoms with E-state index >= 15 is 0 Å². The second-order valence-corrected chi connectivity index (χ2v) is 11.1. The number of nitrogens with zero attached hydrogens (tertiary/aromatic N) is 7. The standard InChI is InChI=1S/C27H34N8O/c1-3-19(4-1)11-29-21-5-2-10-34(15-21)22-8-9-26(30-12-22)27(17-36-18-27)35-16-25(32-33-35)24-14-28-13-23(31-24)20-6-7-20/h8-9,12-14,16,19-21,29H,1-7,10-11,15,17-18H2/t21-/m1/s1. The van der Waals surface area contributed by atoms with Gasteiger partial charge in [0, 0.05) is 31.2 Å². The lowest BCUT2D eigenvalue weighted by Gasteiger charge is -2.41. The van der Waals surface area contributed by atoms with E-state index in [4.69, 9.17) is 14.7 Å². The molecule has 2 saturated carbocycles. The van der Waals surface area contributed by atoms with E-state index in [1.54, 1.807) is 6.20 Å². The Balaban J connectivity index is 1.06. The monoisotopic (exact) mass is 486 g/mol. The number of ether oxygens (including phenoxy) is 1. The summed E-state index contributed by atoms with van der Waals surface area (Å²) in [7, 11) is 0. The Kier molecular flexibility index (Phi) is 5.69. The molecule has 4 fully saturated rings. The SMILES string of the molecule is c1cc(C2(n3cc(-c4cncc(C5CC5)n4)nn3)COC2)ncc1N1CCC[C@@H](NCC2CCC2)C1. The van der Waals surface area contributed by atoms with Gasteiger partial charge in [0.1, 0.15) is 11.4 Å². The second-order valence-electron chi connectivity index (χ2n) is 11.1. The van der Waals surface area contributed by atoms with E-state index in [0.29, 0.717) is 25.2 Å². The van der Waals surface area contributed by atoms with E-state index in [1.165, 1.54) is 57.2 Å². The van der Waals surface area contributed by atoms with Crippen LogP contribution in [-0.4, -0.2) is 68.8 Å². The molecule has 2 aliphatic carbocycles. The highest BCUT2D eigenvalue weighted by molar-refractivity contribution is 5.51. The Morgan fingerprint density at radius 1 is 1.00 bits per heavy atom. The van der Waals surface area contributed by atoms with Gasteiger partial charge < -0.3 is 15.0 Å². The Hall–Kier alpha value is -2.91. The zero-order valence-electron chi connectivity index (χ0n) is 20.7. The van der Waals surface area contributed by atoms with E-state index in [9.17, 15) is 0 Å². The lowest BCUT2D eigenvalue weighted by molar-refractivity contribution is -0.0851. The van der Waals surface area contributed by atoms with Crippen LogP contribution in [0.4, 0.5) is 5.69 Å². The number of hydrogen-bond donors (Lipinski definition) is 1. The number of hydrogen-bond acceptors (Lipinski definition) is 8. The Labute approximate surface area is 211 Å². The van der Waals surface area contributed by atoms with Crippen molar-refractivity contribution in [3.8, 4) is 11.4 Å². The molecule has 0 radical (unpaired) electrons. The molecule has 9 heteroatoms. The molecule has 0 bridgehead atoms. The van der Waals surface area contributed by atoms with Crippen molar-refractivity contribution in [2.24, 2.45) is 5.92 Å². The molecule has 0 amide bonds. The van der Waals surface area contributed by atoms with Crippen molar-refractivity contribution in [3.05, 3.63) is 48.3 Å². The molecule has 2 saturated heterocycles. The molecule has 1 N–H and O–H groups in total. The predicted octanol–water partition coefficient (Wildman–Crippen LogP) is 3.14. The maximum absolute atomic E-state index is 5.67. The number of pyridine rings is 1. The highest BCUT2D eigenvalue weighted by Crippen LogP contribution is 2.39. The van der Waals surface area contributed by atoms with Crippen LogP contribution in [0.5, 0.6) is 0 Å². The predicted molar refractivity (Wildman–Crippen MR) is 136 cm³/mol. The summed E-state index contributed by atoms with van der Waals surface area (Å²) in [6.45, 7) is 4.38. The van der Waals surface area contributed by atoms with Crippen molar-refractivity contribution in [2.45, 2.75) is 62.4 Å². The minimum absolute atomic E-state index is 0.430. The summed E-state index contributed by atoms with van der Waals surface area (Å²) in [5.41, 5.74) is 4.29. The minimum Gasteiger partial charge on any atom is -0.375 e. The molecule has 0 spiro atoms. The van der Waals surface area contributed by atoms with Gasteiger partial charge in [-0.3, -0.25) is 9.97 Å². The number of anilines is 1. The first-order valence-corrected chi connectivity index (χ1v) is 13.5. The van der Waals surface area contributed by atoms with Crippen LogP contribution in [0.15, 0.2) is 36.9 Å². The lowest BCUT2D eigenvalue weighted by Crippen LogP contribution is -2.53. The van der Waals surface area contributed by atoms with Crippen LogP contribution in [0.3, 0.4) is 0 Å². The third-order valence-corrected chi connectivity index (χ3v) is 8.46. The summed E-state index contributed by atoms with van der Waals surface area (Å²) in [5, 5.41) is 12.7. The van der Waals surface area contributed by atoms with Gasteiger partial charge in [0.25, 0.3) is 0 Å². The average Bonchev–Trinajstić information content (AvgIpc) is 3.61. The first kappa shape index (κ1) is 22.3. The summed E-state index contributed by atoms with van der Waals surface area (Å²) >= 11 is 0. The lowest BCUT2D eigenvalue weighted by atomic mass is 9.85. The molecule has 0 aromatic carbocycles. The Morgan fingerprint density at radius 3 is 2.64 bits per heavy atom. The third-order valence-electron chi connectivity index (χ3n) is 8.46. The van der Waals surface area contributed by atoms with Crippen molar-refractivity contribution in [1.82, 2.24) is 35.3 Å². The quantitative estimate of drug-likeness (QED) is 0.519. The molecule has 2 aliphatic heterocycles. The van der Waals surface area contributed by atoms with E-state index in [2.05, 4.69) is 37.6 Å². The maximum Gasteiger partial charge on any atom is 0.152 e. The van der Waals surface area contributed by atoms with Gasteiger partial charge in [0.2, 0.25) is 0 Å². The molecule has 9 nitrogen and oxygen atoms in total. The van der Waals surface area contributed by atoms with Crippen LogP contribution in [0.25, 0.3) is 11.4 Å². The highest BCUT2D eigenvalue weighted by atomic mass is 16.5. The molecule has 188 valence electrons. The van der Waals surface area contributed by atoms with Gasteiger partial charge in [-0.05, 0) is 63.1 Å². The van der Waals surface area contributed by atoms with Crippen molar-refractivity contribution >= 4 is 5.69 Å². The normalized spacial score (nSPS) is 23.8. The average molecular weight is 487 g/mol. The molecular formula is C27H34N8O. The van der Waals surface area contributed by atoms with Crippen LogP contribution >= 0.6 is 0 Å². The van der Waals surface area contributed by atoms with E-state index in [1.807, 2.05) is 23.3 Å². The smallest absolute Gasteiger partial charge is 0.152 e. The van der Waals surface area contributed by atoms with Crippen LogP contribution in [-0.2, 0) is 10.3 Å². The fraction of sp³-hybridized carbons (Fsp3) is 0.593. The molecule has 1 atom stereocenters. The van der Waals surface area contributed by atoms with Crippen LogP contribution in [0, 0.1) is 5.92 Å². The topological polar surface area (TPSA) is 93.9 Å². The molecule has 36 heavy (non-hydrogen) atoms. The Morgan fingerprint density at radius 2 is 1.92 bits per heavy atom. The van der Waals surface area contributed by atoms with Gasteiger partial charge in [-0.15, -0.1) is 5.10 Å². The first-order chi connectivity index (χ1) is 17.8. The largest absolute Gasteiger partial charge is 0.375 e. The molecule has 3 aromatic heterocycles. The van der Waals surface area contributed by atoms with E-state index in [-0.39, 0.29) is 0 Å². The molecular weight excluding hydrogens is 452 g/mol. The number of piperidine rings is 1. The minimum atomic E-state index is -0.430. The van der Waals surface area contributed by atoms with Gasteiger partial charge in [0.05, 0.1) is 48.9 Å². The molecule has 5 heterocycles. The molecule has 0 unspecified atom stereocenters. The number of rotatable bonds is 8. The first-order valence-electron chi connectivity index (χ1n) is 13.5. The van der Waals surface area contributed by atoms with Gasteiger partial charge in [0.15, 0.2) is 5.54 Å². The third kappa shape index (κ3) is 4.18. The summed E-state index contributed by atoms with van der Waals surface area (Å²) in [6, 6.07) is 4.91. The molecule has 7 rings (SSSR count). The van der Waals surface area contributed by atoms with Crippen molar-refractivity contribution in [2.75, 3.05) is 37.7 Å².